The maximum Gasteiger partial charge on any atom is 0.416 e. The molecule has 1 saturated heterocycles. The number of nitro benzene ring substituents is 1. The number of hydrogen-bond donors (Lipinski definition) is 1. The molecule has 0 aliphatic carbocycles. The molecule has 1 fully saturated rings. The summed E-state index contributed by atoms with van der Waals surface area (Å²) < 4.78 is 67.9. The van der Waals surface area contributed by atoms with E-state index in [2.05, 4.69) is 10.3 Å². The number of rotatable bonds is 5. The number of aromatic nitrogens is 2. The van der Waals surface area contributed by atoms with Crippen LogP contribution in [0.15, 0.2) is 35.3 Å². The molecule has 4 rings (SSSR count). The van der Waals surface area contributed by atoms with Crippen LogP contribution in [0.5, 0.6) is 0 Å². The normalized spacial score (nSPS) is 15.8. The summed E-state index contributed by atoms with van der Waals surface area (Å²) in [5, 5.41) is 23.7. The predicted octanol–water partition coefficient (Wildman–Crippen LogP) is 4.36. The van der Waals surface area contributed by atoms with E-state index in [0.29, 0.717) is 6.07 Å². The van der Waals surface area contributed by atoms with Gasteiger partial charge in [-0.25, -0.2) is 13.8 Å². The summed E-state index contributed by atoms with van der Waals surface area (Å²) in [5.74, 6) is -2.92. The maximum atomic E-state index is 13.4. The number of alkyl halides is 5. The van der Waals surface area contributed by atoms with Gasteiger partial charge in [-0.05, 0) is 24.6 Å². The summed E-state index contributed by atoms with van der Waals surface area (Å²) in [4.78, 5) is 28.4. The largest absolute Gasteiger partial charge is 0.416 e. The molecule has 1 aliphatic heterocycles. The van der Waals surface area contributed by atoms with Gasteiger partial charge in [0.2, 0.25) is 0 Å². The third-order valence-corrected chi connectivity index (χ3v) is 5.87. The highest BCUT2D eigenvalue weighted by Gasteiger charge is 2.45. The highest BCUT2D eigenvalue weighted by Crippen LogP contribution is 2.36. The number of pyridine rings is 2. The maximum absolute atomic E-state index is 13.4. The minimum Gasteiger partial charge on any atom is -0.363 e. The van der Waals surface area contributed by atoms with E-state index in [1.807, 2.05) is 6.07 Å². The minimum absolute atomic E-state index is 0.0120. The molecule has 1 aliphatic rings. The molecule has 0 bridgehead atoms. The van der Waals surface area contributed by atoms with E-state index in [0.717, 1.165) is 22.9 Å². The molecule has 188 valence electrons. The Hall–Kier alpha value is -4.28. The van der Waals surface area contributed by atoms with E-state index in [1.165, 1.54) is 24.9 Å². The van der Waals surface area contributed by atoms with Crippen LogP contribution in [-0.4, -0.2) is 33.5 Å². The van der Waals surface area contributed by atoms with E-state index >= 15 is 0 Å². The van der Waals surface area contributed by atoms with Crippen LogP contribution in [0, 0.1) is 21.4 Å². The quantitative estimate of drug-likeness (QED) is 0.309. The number of nitriles is 1. The fourth-order valence-electron chi connectivity index (χ4n) is 4.03. The number of nitrogens with one attached hydrogen (secondary N) is 1. The first-order valence-corrected chi connectivity index (χ1v) is 10.4. The van der Waals surface area contributed by atoms with Crippen LogP contribution in [0.4, 0.5) is 39.1 Å². The van der Waals surface area contributed by atoms with Gasteiger partial charge in [0.1, 0.15) is 17.6 Å². The summed E-state index contributed by atoms with van der Waals surface area (Å²) in [5.41, 5.74) is -2.55. The van der Waals surface area contributed by atoms with E-state index < -0.39 is 53.0 Å². The van der Waals surface area contributed by atoms with E-state index in [-0.39, 0.29) is 33.5 Å². The zero-order valence-corrected chi connectivity index (χ0v) is 18.7. The Morgan fingerprint density at radius 2 is 1.92 bits per heavy atom. The Kier molecular flexibility index (Phi) is 5.82. The smallest absolute Gasteiger partial charge is 0.363 e. The molecule has 0 amide bonds. The first-order chi connectivity index (χ1) is 16.7. The first-order valence-electron chi connectivity index (χ1n) is 10.4. The van der Waals surface area contributed by atoms with Crippen molar-refractivity contribution < 1.29 is 26.9 Å². The minimum atomic E-state index is -4.83. The molecule has 14 heteroatoms. The van der Waals surface area contributed by atoms with Gasteiger partial charge in [0.15, 0.2) is 0 Å². The third kappa shape index (κ3) is 4.39. The summed E-state index contributed by atoms with van der Waals surface area (Å²) in [6.45, 7) is 0.0994. The Morgan fingerprint density at radius 3 is 2.47 bits per heavy atom. The lowest BCUT2D eigenvalue weighted by molar-refractivity contribution is -0.385. The van der Waals surface area contributed by atoms with E-state index in [4.69, 9.17) is 0 Å². The first kappa shape index (κ1) is 24.8. The van der Waals surface area contributed by atoms with Crippen molar-refractivity contribution >= 4 is 28.1 Å². The fraction of sp³-hybridized carbons (Fsp3) is 0.318. The van der Waals surface area contributed by atoms with Crippen LogP contribution in [0.2, 0.25) is 0 Å². The van der Waals surface area contributed by atoms with Crippen LogP contribution >= 0.6 is 0 Å². The zero-order chi connectivity index (χ0) is 26.6. The lowest BCUT2D eigenvalue weighted by Gasteiger charge is -2.40. The van der Waals surface area contributed by atoms with Crippen molar-refractivity contribution in [3.8, 4) is 6.07 Å². The Bertz CT molecular complexity index is 1490. The standard InChI is InChI=1S/C22H17F5N6O3/c1-11(12-3-14(22(25,26)27)5-15(4-12)33(35)36)30-19-16-6-17(32-9-21(23,24)10-32)20(34)31(2)18(16)13(7-28)8-29-19/h3-6,8,11H,9-10H2,1-2H3,(H,29,30)/t11-/m1/s1. The Balaban J connectivity index is 1.82. The number of anilines is 2. The fourth-order valence-corrected chi connectivity index (χ4v) is 4.03. The Labute approximate surface area is 199 Å². The molecular formula is C22H17F5N6O3. The number of fused-ring (bicyclic) bond motifs is 1. The lowest BCUT2D eigenvalue weighted by Crippen LogP contribution is -2.58. The zero-order valence-electron chi connectivity index (χ0n) is 18.7. The van der Waals surface area contributed by atoms with Gasteiger partial charge in [0, 0.05) is 30.8 Å². The summed E-state index contributed by atoms with van der Waals surface area (Å²) >= 11 is 0. The molecule has 1 N–H and O–H groups in total. The van der Waals surface area contributed by atoms with Gasteiger partial charge in [-0.3, -0.25) is 14.9 Å². The molecule has 0 radical (unpaired) electrons. The van der Waals surface area contributed by atoms with Crippen LogP contribution < -0.4 is 15.8 Å². The predicted molar refractivity (Wildman–Crippen MR) is 119 cm³/mol. The van der Waals surface area contributed by atoms with Crippen molar-refractivity contribution in [1.29, 1.82) is 5.26 Å². The van der Waals surface area contributed by atoms with Gasteiger partial charge in [-0.2, -0.15) is 18.4 Å². The van der Waals surface area contributed by atoms with E-state index in [9.17, 15) is 42.1 Å². The van der Waals surface area contributed by atoms with Gasteiger partial charge in [0.25, 0.3) is 17.2 Å². The number of hydrogen-bond acceptors (Lipinski definition) is 7. The number of non-ortho nitro benzene ring substituents is 1. The summed E-state index contributed by atoms with van der Waals surface area (Å²) in [6.07, 6.45) is -3.67. The van der Waals surface area contributed by atoms with Crippen LogP contribution in [-0.2, 0) is 13.2 Å². The van der Waals surface area contributed by atoms with Crippen LogP contribution in [0.3, 0.4) is 0 Å². The van der Waals surface area contributed by atoms with Gasteiger partial charge < -0.3 is 14.8 Å². The van der Waals surface area contributed by atoms with Gasteiger partial charge in [-0.15, -0.1) is 0 Å². The second-order valence-corrected chi connectivity index (χ2v) is 8.43. The summed E-state index contributed by atoms with van der Waals surface area (Å²) in [7, 11) is 1.36. The van der Waals surface area contributed by atoms with Crippen LogP contribution in [0.25, 0.3) is 10.9 Å². The van der Waals surface area contributed by atoms with Crippen molar-refractivity contribution in [3.05, 3.63) is 67.6 Å². The van der Waals surface area contributed by atoms with Crippen molar-refractivity contribution in [3.63, 3.8) is 0 Å². The lowest BCUT2D eigenvalue weighted by atomic mass is 10.0. The van der Waals surface area contributed by atoms with Gasteiger partial charge >= 0.3 is 6.18 Å². The second-order valence-electron chi connectivity index (χ2n) is 8.43. The number of benzene rings is 1. The molecule has 0 spiro atoms. The molecule has 9 nitrogen and oxygen atoms in total. The number of nitrogens with zero attached hydrogens (tertiary/aromatic N) is 5. The number of aryl methyl sites for hydroxylation is 1. The van der Waals surface area contributed by atoms with Crippen molar-refractivity contribution in [2.45, 2.75) is 25.1 Å². The average Bonchev–Trinajstić information content (AvgIpc) is 2.78. The topological polar surface area (TPSA) is 117 Å². The molecule has 3 aromatic rings. The van der Waals surface area contributed by atoms with Crippen molar-refractivity contribution in [2.75, 3.05) is 23.3 Å². The molecule has 3 heterocycles. The SMILES string of the molecule is C[C@@H](Nc1ncc(C#N)c2c1cc(N1CC(F)(F)C1)c(=O)n2C)c1cc([N+](=O)[O-])cc(C(F)(F)F)c1. The van der Waals surface area contributed by atoms with Crippen LogP contribution in [0.1, 0.15) is 29.7 Å². The van der Waals surface area contributed by atoms with E-state index in [1.54, 1.807) is 0 Å². The molecule has 0 saturated carbocycles. The average molecular weight is 508 g/mol. The molecular weight excluding hydrogens is 491 g/mol. The molecule has 0 unspecified atom stereocenters. The molecule has 36 heavy (non-hydrogen) atoms. The Morgan fingerprint density at radius 1 is 1.25 bits per heavy atom. The number of nitro groups is 1. The van der Waals surface area contributed by atoms with Gasteiger partial charge in [0.05, 0.1) is 40.7 Å². The molecule has 1 atom stereocenters. The monoisotopic (exact) mass is 508 g/mol. The van der Waals surface area contributed by atoms with Gasteiger partial charge in [-0.1, -0.05) is 0 Å². The summed E-state index contributed by atoms with van der Waals surface area (Å²) in [6, 6.07) is 4.43. The number of halogens is 5. The second kappa shape index (κ2) is 8.43. The molecule has 1 aromatic carbocycles. The highest BCUT2D eigenvalue weighted by atomic mass is 19.4. The molecule has 2 aromatic heterocycles. The third-order valence-electron chi connectivity index (χ3n) is 5.87. The highest BCUT2D eigenvalue weighted by molar-refractivity contribution is 5.95. The van der Waals surface area contributed by atoms with Crippen molar-refractivity contribution in [2.24, 2.45) is 7.05 Å². The van der Waals surface area contributed by atoms with Crippen molar-refractivity contribution in [1.82, 2.24) is 9.55 Å².